The van der Waals surface area contributed by atoms with E-state index in [0.29, 0.717) is 37.8 Å². The largest absolute Gasteiger partial charge is 0.411 e. The number of imide groups is 2. The topological polar surface area (TPSA) is 161 Å². The number of rotatable bonds is 18. The monoisotopic (exact) mass is 826 g/mol. The molecule has 2 unspecified atom stereocenters. The summed E-state index contributed by atoms with van der Waals surface area (Å²) in [5.41, 5.74) is -11.9. The Bertz CT molecular complexity index is 1910. The number of nitrogens with zero attached hydrogens (tertiary/aromatic N) is 2. The van der Waals surface area contributed by atoms with Gasteiger partial charge >= 0.3 is 12.4 Å². The average Bonchev–Trinajstić information content (AvgIpc) is 3.46. The predicted molar refractivity (Wildman–Crippen MR) is 183 cm³/mol. The van der Waals surface area contributed by atoms with Crippen molar-refractivity contribution in [3.63, 3.8) is 0 Å². The summed E-state index contributed by atoms with van der Waals surface area (Å²) < 4.78 is 152. The molecule has 0 N–H and O–H groups in total. The highest BCUT2D eigenvalue weighted by Gasteiger charge is 2.73. The van der Waals surface area contributed by atoms with Gasteiger partial charge in [0, 0.05) is 0 Å². The van der Waals surface area contributed by atoms with E-state index in [2.05, 4.69) is 0 Å². The van der Waals surface area contributed by atoms with Gasteiger partial charge in [0.2, 0.25) is 5.41 Å². The molecule has 2 aliphatic rings. The van der Waals surface area contributed by atoms with E-state index in [4.69, 9.17) is 8.57 Å². The van der Waals surface area contributed by atoms with E-state index in [1.54, 1.807) is 0 Å². The van der Waals surface area contributed by atoms with Crippen molar-refractivity contribution in [3.05, 3.63) is 69.8 Å². The van der Waals surface area contributed by atoms with Crippen LogP contribution in [0.4, 0.5) is 26.3 Å². The van der Waals surface area contributed by atoms with E-state index in [1.165, 1.54) is 13.8 Å². The standard InChI is InChI=1S/C35H40F6N2O10S2/c1-5-7-9-11-13-21(3)54(48,49)52-42-29(44)25-17-15-23(19-27(25)31(42)46)33(34(36,37)38,35(39,40)41)24-16-18-26-28(20-24)32(47)43(30(26)45)53-55(50,51)22(4)14-12-10-8-6-2/h15-22H,5-14H2,1-4H3. The third-order valence-corrected chi connectivity index (χ3v) is 12.8. The maximum absolute atomic E-state index is 15.1. The third kappa shape index (κ3) is 8.32. The van der Waals surface area contributed by atoms with Crippen LogP contribution < -0.4 is 0 Å². The van der Waals surface area contributed by atoms with Crippen molar-refractivity contribution in [1.29, 1.82) is 0 Å². The Balaban J connectivity index is 1.73. The molecule has 4 rings (SSSR count). The Kier molecular flexibility index (Phi) is 13.0. The molecule has 0 aromatic heterocycles. The quantitative estimate of drug-likeness (QED) is 0.0835. The number of hydrogen-bond acceptors (Lipinski definition) is 10. The van der Waals surface area contributed by atoms with E-state index in [-0.39, 0.29) is 47.2 Å². The molecule has 2 aliphatic heterocycles. The van der Waals surface area contributed by atoms with Crippen molar-refractivity contribution in [1.82, 2.24) is 10.1 Å². The van der Waals surface area contributed by atoms with Gasteiger partial charge in [0.25, 0.3) is 43.9 Å². The van der Waals surface area contributed by atoms with Crippen LogP contribution in [0.3, 0.4) is 0 Å². The summed E-state index contributed by atoms with van der Waals surface area (Å²) in [6.45, 7) is 6.34. The van der Waals surface area contributed by atoms with Gasteiger partial charge < -0.3 is 0 Å². The zero-order chi connectivity index (χ0) is 41.3. The summed E-state index contributed by atoms with van der Waals surface area (Å²) in [6, 6.07) is 1.75. The fourth-order valence-electron chi connectivity index (χ4n) is 6.38. The fourth-order valence-corrected chi connectivity index (χ4v) is 8.27. The molecule has 304 valence electrons. The van der Waals surface area contributed by atoms with Gasteiger partial charge in [0.15, 0.2) is 0 Å². The maximum Gasteiger partial charge on any atom is 0.411 e. The van der Waals surface area contributed by atoms with Crippen LogP contribution in [0.25, 0.3) is 0 Å². The second-order valence-corrected chi connectivity index (χ2v) is 17.4. The lowest BCUT2D eigenvalue weighted by Crippen LogP contribution is -2.55. The van der Waals surface area contributed by atoms with E-state index in [9.17, 15) is 36.0 Å². The van der Waals surface area contributed by atoms with Crippen LogP contribution in [-0.2, 0) is 34.2 Å². The highest BCUT2D eigenvalue weighted by molar-refractivity contribution is 7.87. The first-order valence-corrected chi connectivity index (χ1v) is 20.5. The number of fused-ring (bicyclic) bond motifs is 2. The van der Waals surface area contributed by atoms with Gasteiger partial charge in [-0.05, 0) is 62.1 Å². The molecule has 12 nitrogen and oxygen atoms in total. The highest BCUT2D eigenvalue weighted by atomic mass is 32.2. The molecule has 0 aliphatic carbocycles. The van der Waals surface area contributed by atoms with Gasteiger partial charge in [0.05, 0.1) is 32.8 Å². The van der Waals surface area contributed by atoms with Gasteiger partial charge in [-0.25, -0.2) is 0 Å². The van der Waals surface area contributed by atoms with E-state index in [0.717, 1.165) is 25.7 Å². The number of hydroxylamine groups is 4. The highest BCUT2D eigenvalue weighted by Crippen LogP contribution is 2.57. The molecule has 0 radical (unpaired) electrons. The van der Waals surface area contributed by atoms with Crippen LogP contribution in [0.2, 0.25) is 0 Å². The van der Waals surface area contributed by atoms with Crippen molar-refractivity contribution in [3.8, 4) is 0 Å². The molecule has 0 saturated heterocycles. The van der Waals surface area contributed by atoms with Gasteiger partial charge in [0.1, 0.15) is 0 Å². The number of halogens is 6. The fraction of sp³-hybridized carbons (Fsp3) is 0.543. The van der Waals surface area contributed by atoms with Crippen LogP contribution in [0.5, 0.6) is 0 Å². The minimum atomic E-state index is -6.29. The minimum absolute atomic E-state index is 0.0716. The SMILES string of the molecule is CCCCCCC(C)S(=O)(=O)ON1C(=O)c2ccc(C(c3ccc4c(c3)C(=O)N(OS(=O)(=O)C(C)CCCCCC)C4=O)(C(F)(F)F)C(F)(F)F)cc2C1=O. The lowest BCUT2D eigenvalue weighted by Gasteiger charge is -2.38. The number of hydrogen-bond donors (Lipinski definition) is 0. The molecule has 2 aromatic rings. The Morgan fingerprint density at radius 3 is 1.18 bits per heavy atom. The number of unbranched alkanes of at least 4 members (excludes halogenated alkanes) is 6. The summed E-state index contributed by atoms with van der Waals surface area (Å²) in [6.07, 6.45) is -6.87. The number of benzene rings is 2. The molecule has 4 amide bonds. The lowest BCUT2D eigenvalue weighted by molar-refractivity contribution is -0.288. The van der Waals surface area contributed by atoms with Gasteiger partial charge in [-0.3, -0.25) is 19.2 Å². The molecule has 2 aromatic carbocycles. The van der Waals surface area contributed by atoms with Crippen molar-refractivity contribution in [2.24, 2.45) is 0 Å². The average molecular weight is 827 g/mol. The maximum atomic E-state index is 15.1. The molecule has 0 spiro atoms. The van der Waals surface area contributed by atoms with E-state index < -0.39 is 106 Å². The summed E-state index contributed by atoms with van der Waals surface area (Å²) in [5, 5.41) is -2.96. The number of carbonyl (C=O) groups excluding carboxylic acids is 4. The summed E-state index contributed by atoms with van der Waals surface area (Å²) in [7, 11) is -9.35. The van der Waals surface area contributed by atoms with E-state index >= 15 is 26.3 Å². The van der Waals surface area contributed by atoms with Crippen molar-refractivity contribution in [2.75, 3.05) is 0 Å². The van der Waals surface area contributed by atoms with E-state index in [1.807, 2.05) is 13.8 Å². The van der Waals surface area contributed by atoms with Crippen LogP contribution in [0, 0.1) is 0 Å². The Morgan fingerprint density at radius 1 is 0.545 bits per heavy atom. The van der Waals surface area contributed by atoms with Crippen molar-refractivity contribution < 1.29 is 70.9 Å². The Morgan fingerprint density at radius 2 is 0.873 bits per heavy atom. The zero-order valence-electron chi connectivity index (χ0n) is 30.3. The van der Waals surface area contributed by atoms with Gasteiger partial charge in [-0.15, -0.1) is 18.7 Å². The first-order valence-electron chi connectivity index (χ1n) is 17.5. The van der Waals surface area contributed by atoms with Gasteiger partial charge in [-0.1, -0.05) is 77.3 Å². The molecule has 2 heterocycles. The predicted octanol–water partition coefficient (Wildman–Crippen LogP) is 7.53. The Hall–Kier alpha value is -3.88. The lowest BCUT2D eigenvalue weighted by atomic mass is 9.71. The molecular weight excluding hydrogens is 787 g/mol. The second-order valence-electron chi connectivity index (χ2n) is 13.5. The normalized spacial score (nSPS) is 16.5. The summed E-state index contributed by atoms with van der Waals surface area (Å²) in [5.74, 6) is -6.20. The zero-order valence-corrected chi connectivity index (χ0v) is 31.9. The minimum Gasteiger partial charge on any atom is -0.266 e. The smallest absolute Gasteiger partial charge is 0.266 e. The number of alkyl halides is 6. The van der Waals surface area contributed by atoms with Crippen LogP contribution >= 0.6 is 0 Å². The van der Waals surface area contributed by atoms with Gasteiger partial charge in [-0.2, -0.15) is 43.2 Å². The summed E-state index contributed by atoms with van der Waals surface area (Å²) >= 11 is 0. The number of amides is 4. The molecule has 20 heteroatoms. The Labute approximate surface area is 314 Å². The molecular formula is C35H40F6N2O10S2. The second kappa shape index (κ2) is 16.3. The molecule has 0 fully saturated rings. The van der Waals surface area contributed by atoms with Crippen molar-refractivity contribution >= 4 is 43.9 Å². The van der Waals surface area contributed by atoms with Crippen molar-refractivity contribution in [2.45, 2.75) is 120 Å². The molecule has 0 bridgehead atoms. The van der Waals surface area contributed by atoms with Crippen LogP contribution in [-0.4, -0.2) is 73.4 Å². The molecule has 2 atom stereocenters. The number of carbonyl (C=O) groups is 4. The first kappa shape index (κ1) is 43.8. The van der Waals surface area contributed by atoms with Crippen LogP contribution in [0.1, 0.15) is 144 Å². The first-order chi connectivity index (χ1) is 25.5. The summed E-state index contributed by atoms with van der Waals surface area (Å²) in [4.78, 5) is 52.5. The third-order valence-electron chi connectivity index (χ3n) is 9.69. The molecule has 0 saturated carbocycles. The van der Waals surface area contributed by atoms with Crippen LogP contribution in [0.15, 0.2) is 36.4 Å². The molecule has 55 heavy (non-hydrogen) atoms.